The highest BCUT2D eigenvalue weighted by molar-refractivity contribution is 6.31. The van der Waals surface area contributed by atoms with Gasteiger partial charge in [0.25, 0.3) is 0 Å². The Bertz CT molecular complexity index is 584. The van der Waals surface area contributed by atoms with Crippen LogP contribution < -0.4 is 10.1 Å². The fraction of sp³-hybridized carbons (Fsp3) is 0.353. The van der Waals surface area contributed by atoms with Crippen LogP contribution in [0.3, 0.4) is 0 Å². The van der Waals surface area contributed by atoms with Gasteiger partial charge in [-0.2, -0.15) is 0 Å². The molecular weight excluding hydrogens is 284 g/mol. The molecule has 0 saturated carbocycles. The average Bonchev–Trinajstić information content (AvgIpc) is 2.49. The van der Waals surface area contributed by atoms with Gasteiger partial charge in [0.1, 0.15) is 11.5 Å². The highest BCUT2D eigenvalue weighted by Gasteiger charge is 2.09. The van der Waals surface area contributed by atoms with E-state index in [-0.39, 0.29) is 0 Å². The largest absolute Gasteiger partial charge is 0.456 e. The summed E-state index contributed by atoms with van der Waals surface area (Å²) in [7, 11) is 0. The van der Waals surface area contributed by atoms with Crippen molar-refractivity contribution in [1.82, 2.24) is 10.3 Å². The van der Waals surface area contributed by atoms with E-state index in [9.17, 15) is 0 Å². The van der Waals surface area contributed by atoms with Gasteiger partial charge in [-0.05, 0) is 55.8 Å². The number of hydrogen-bond donors (Lipinski definition) is 1. The van der Waals surface area contributed by atoms with Gasteiger partial charge in [0, 0.05) is 11.1 Å². The van der Waals surface area contributed by atoms with Crippen molar-refractivity contribution in [3.8, 4) is 11.5 Å². The molecule has 1 N–H and O–H groups in total. The van der Waals surface area contributed by atoms with Crippen LogP contribution in [0.25, 0.3) is 0 Å². The zero-order valence-corrected chi connectivity index (χ0v) is 13.4. The summed E-state index contributed by atoms with van der Waals surface area (Å²) in [5.41, 5.74) is 2.04. The predicted octanol–water partition coefficient (Wildman–Crippen LogP) is 4.90. The molecule has 1 aromatic heterocycles. The van der Waals surface area contributed by atoms with Gasteiger partial charge in [-0.15, -0.1) is 0 Å². The van der Waals surface area contributed by atoms with E-state index >= 15 is 0 Å². The van der Waals surface area contributed by atoms with E-state index in [2.05, 4.69) is 24.1 Å². The second kappa shape index (κ2) is 7.43. The lowest BCUT2D eigenvalue weighted by Crippen LogP contribution is -2.20. The van der Waals surface area contributed by atoms with Crippen LogP contribution in [-0.2, 0) is 0 Å². The first-order chi connectivity index (χ1) is 10.1. The topological polar surface area (TPSA) is 34.1 Å². The molecule has 112 valence electrons. The van der Waals surface area contributed by atoms with Gasteiger partial charge in [0.05, 0.1) is 11.9 Å². The van der Waals surface area contributed by atoms with E-state index in [4.69, 9.17) is 16.3 Å². The Hall–Kier alpha value is -1.58. The lowest BCUT2D eigenvalue weighted by Gasteiger charge is -2.15. The number of aryl methyl sites for hydroxylation is 1. The van der Waals surface area contributed by atoms with Gasteiger partial charge < -0.3 is 10.1 Å². The molecule has 1 atom stereocenters. The summed E-state index contributed by atoms with van der Waals surface area (Å²) in [6.07, 6.45) is 2.77. The molecule has 0 fully saturated rings. The number of rotatable bonds is 6. The first kappa shape index (κ1) is 15.8. The maximum absolute atomic E-state index is 6.01. The molecule has 2 aromatic rings. The molecule has 0 aliphatic rings. The zero-order chi connectivity index (χ0) is 15.2. The zero-order valence-electron chi connectivity index (χ0n) is 12.7. The third-order valence-electron chi connectivity index (χ3n) is 3.34. The molecule has 21 heavy (non-hydrogen) atoms. The molecule has 0 saturated heterocycles. The van der Waals surface area contributed by atoms with E-state index < -0.39 is 0 Å². The highest BCUT2D eigenvalue weighted by atomic mass is 35.5. The van der Waals surface area contributed by atoms with Crippen molar-refractivity contribution in [2.45, 2.75) is 33.2 Å². The minimum Gasteiger partial charge on any atom is -0.456 e. The Morgan fingerprint density at radius 1 is 1.19 bits per heavy atom. The Morgan fingerprint density at radius 2 is 1.95 bits per heavy atom. The third-order valence-corrected chi connectivity index (χ3v) is 3.76. The van der Waals surface area contributed by atoms with Crippen molar-refractivity contribution >= 4 is 11.6 Å². The fourth-order valence-electron chi connectivity index (χ4n) is 2.18. The standard InChI is InChI=1S/C17H21ClN2O/c1-4-16(19-5-2)17-9-7-14(11-20-17)21-13-6-8-15(18)12(3)10-13/h6-11,16,19H,4-5H2,1-3H3. The monoisotopic (exact) mass is 304 g/mol. The highest BCUT2D eigenvalue weighted by Crippen LogP contribution is 2.26. The molecule has 0 radical (unpaired) electrons. The van der Waals surface area contributed by atoms with E-state index in [1.54, 1.807) is 6.20 Å². The minimum absolute atomic E-state index is 0.293. The maximum atomic E-state index is 6.01. The number of nitrogens with zero attached hydrogens (tertiary/aromatic N) is 1. The molecule has 0 bridgehead atoms. The molecule has 1 aromatic carbocycles. The normalized spacial score (nSPS) is 12.2. The molecular formula is C17H21ClN2O. The molecule has 3 nitrogen and oxygen atoms in total. The van der Waals surface area contributed by atoms with Gasteiger partial charge in [-0.1, -0.05) is 25.4 Å². The van der Waals surface area contributed by atoms with Crippen LogP contribution >= 0.6 is 11.6 Å². The van der Waals surface area contributed by atoms with Crippen molar-refractivity contribution in [3.05, 3.63) is 52.8 Å². The van der Waals surface area contributed by atoms with Crippen molar-refractivity contribution in [3.63, 3.8) is 0 Å². The first-order valence-electron chi connectivity index (χ1n) is 7.27. The molecule has 0 aliphatic carbocycles. The van der Waals surface area contributed by atoms with Crippen LogP contribution in [0, 0.1) is 6.92 Å². The Labute approximate surface area is 131 Å². The van der Waals surface area contributed by atoms with Crippen LogP contribution in [0.4, 0.5) is 0 Å². The van der Waals surface area contributed by atoms with Crippen molar-refractivity contribution in [1.29, 1.82) is 0 Å². The predicted molar refractivity (Wildman–Crippen MR) is 87.2 cm³/mol. The molecule has 0 amide bonds. The molecule has 4 heteroatoms. The van der Waals surface area contributed by atoms with Gasteiger partial charge in [-0.3, -0.25) is 4.98 Å². The van der Waals surface area contributed by atoms with Gasteiger partial charge >= 0.3 is 0 Å². The summed E-state index contributed by atoms with van der Waals surface area (Å²) in [5, 5.41) is 4.16. The average molecular weight is 305 g/mol. The van der Waals surface area contributed by atoms with Crippen molar-refractivity contribution in [2.24, 2.45) is 0 Å². The SMILES string of the molecule is CCNC(CC)c1ccc(Oc2ccc(Cl)c(C)c2)cn1. The summed E-state index contributed by atoms with van der Waals surface area (Å²) in [6.45, 7) is 7.14. The summed E-state index contributed by atoms with van der Waals surface area (Å²) in [4.78, 5) is 4.49. The molecule has 1 unspecified atom stereocenters. The maximum Gasteiger partial charge on any atom is 0.145 e. The quantitative estimate of drug-likeness (QED) is 0.824. The number of aromatic nitrogens is 1. The van der Waals surface area contributed by atoms with E-state index in [0.717, 1.165) is 40.7 Å². The second-order valence-electron chi connectivity index (χ2n) is 4.95. The third kappa shape index (κ3) is 4.19. The number of pyridine rings is 1. The number of benzene rings is 1. The van der Waals surface area contributed by atoms with Crippen molar-refractivity contribution < 1.29 is 4.74 Å². The van der Waals surface area contributed by atoms with Crippen LogP contribution in [0.5, 0.6) is 11.5 Å². The summed E-state index contributed by atoms with van der Waals surface area (Å²) in [5.74, 6) is 1.50. The van der Waals surface area contributed by atoms with Gasteiger partial charge in [-0.25, -0.2) is 0 Å². The van der Waals surface area contributed by atoms with Gasteiger partial charge in [0.2, 0.25) is 0 Å². The number of nitrogens with one attached hydrogen (secondary N) is 1. The number of hydrogen-bond acceptors (Lipinski definition) is 3. The Morgan fingerprint density at radius 3 is 2.52 bits per heavy atom. The smallest absolute Gasteiger partial charge is 0.145 e. The van der Waals surface area contributed by atoms with Crippen LogP contribution in [-0.4, -0.2) is 11.5 Å². The Balaban J connectivity index is 2.09. The summed E-state index contributed by atoms with van der Waals surface area (Å²) < 4.78 is 5.80. The molecule has 1 heterocycles. The molecule has 2 rings (SSSR count). The molecule has 0 spiro atoms. The lowest BCUT2D eigenvalue weighted by molar-refractivity contribution is 0.475. The van der Waals surface area contributed by atoms with Crippen LogP contribution in [0.1, 0.15) is 37.6 Å². The Kier molecular flexibility index (Phi) is 5.59. The van der Waals surface area contributed by atoms with E-state index in [1.165, 1.54) is 0 Å². The first-order valence-corrected chi connectivity index (χ1v) is 7.65. The van der Waals surface area contributed by atoms with Crippen LogP contribution in [0.15, 0.2) is 36.5 Å². The van der Waals surface area contributed by atoms with Crippen molar-refractivity contribution in [2.75, 3.05) is 6.54 Å². The second-order valence-corrected chi connectivity index (χ2v) is 5.36. The van der Waals surface area contributed by atoms with E-state index in [1.807, 2.05) is 37.3 Å². The van der Waals surface area contributed by atoms with Crippen LogP contribution in [0.2, 0.25) is 5.02 Å². The number of halogens is 1. The van der Waals surface area contributed by atoms with Gasteiger partial charge in [0.15, 0.2) is 0 Å². The lowest BCUT2D eigenvalue weighted by atomic mass is 10.1. The van der Waals surface area contributed by atoms with E-state index in [0.29, 0.717) is 6.04 Å². The molecule has 0 aliphatic heterocycles. The fourth-order valence-corrected chi connectivity index (χ4v) is 2.30. The minimum atomic E-state index is 0.293. The summed E-state index contributed by atoms with van der Waals surface area (Å²) >= 11 is 6.01. The summed E-state index contributed by atoms with van der Waals surface area (Å²) in [6, 6.07) is 9.87. The number of ether oxygens (including phenoxy) is 1.